The van der Waals surface area contributed by atoms with E-state index in [4.69, 9.17) is 4.74 Å². The minimum atomic E-state index is -0.361. The average Bonchev–Trinajstić information content (AvgIpc) is 3.33. The van der Waals surface area contributed by atoms with Crippen LogP contribution >= 0.6 is 0 Å². The van der Waals surface area contributed by atoms with E-state index in [1.165, 1.54) is 5.56 Å². The van der Waals surface area contributed by atoms with Crippen LogP contribution in [-0.4, -0.2) is 30.7 Å². The summed E-state index contributed by atoms with van der Waals surface area (Å²) in [6.07, 6.45) is 2.19. The monoisotopic (exact) mass is 379 g/mol. The van der Waals surface area contributed by atoms with Gasteiger partial charge in [-0.1, -0.05) is 30.3 Å². The first-order chi connectivity index (χ1) is 13.6. The fourth-order valence-corrected chi connectivity index (χ4v) is 3.90. The molecule has 0 bridgehead atoms. The second-order valence-electron chi connectivity index (χ2n) is 7.40. The predicted molar refractivity (Wildman–Crippen MR) is 108 cm³/mol. The number of urea groups is 1. The number of anilines is 2. The smallest absolute Gasteiger partial charge is 0.322 e. The predicted octanol–water partition coefficient (Wildman–Crippen LogP) is 3.46. The second-order valence-corrected chi connectivity index (χ2v) is 7.40. The number of rotatable bonds is 4. The highest BCUT2D eigenvalue weighted by Crippen LogP contribution is 2.31. The fourth-order valence-electron chi connectivity index (χ4n) is 3.90. The molecule has 2 aromatic rings. The van der Waals surface area contributed by atoms with Crippen LogP contribution in [0.2, 0.25) is 0 Å². The van der Waals surface area contributed by atoms with Gasteiger partial charge < -0.3 is 15.4 Å². The number of amides is 3. The Hall–Kier alpha value is -2.86. The Morgan fingerprint density at radius 1 is 1.18 bits per heavy atom. The number of fused-ring (bicyclic) bond motifs is 1. The molecule has 2 aliphatic heterocycles. The molecule has 2 unspecified atom stereocenters. The molecule has 1 fully saturated rings. The van der Waals surface area contributed by atoms with E-state index in [1.54, 1.807) is 0 Å². The molecule has 4 rings (SSSR count). The van der Waals surface area contributed by atoms with Crippen molar-refractivity contribution in [1.82, 2.24) is 5.32 Å². The summed E-state index contributed by atoms with van der Waals surface area (Å²) in [5.74, 6) is -0.110. The van der Waals surface area contributed by atoms with Crippen LogP contribution in [-0.2, 0) is 22.5 Å². The summed E-state index contributed by atoms with van der Waals surface area (Å²) in [6, 6.07) is 15.6. The van der Waals surface area contributed by atoms with Gasteiger partial charge in [0.1, 0.15) is 6.10 Å². The van der Waals surface area contributed by atoms with Gasteiger partial charge in [0.2, 0.25) is 0 Å². The van der Waals surface area contributed by atoms with Gasteiger partial charge in [0.15, 0.2) is 0 Å². The van der Waals surface area contributed by atoms with E-state index in [-0.39, 0.29) is 24.1 Å². The minimum Gasteiger partial charge on any atom is -0.368 e. The topological polar surface area (TPSA) is 70.7 Å². The summed E-state index contributed by atoms with van der Waals surface area (Å²) in [5.41, 5.74) is 3.82. The third-order valence-corrected chi connectivity index (χ3v) is 5.29. The molecule has 2 atom stereocenters. The van der Waals surface area contributed by atoms with E-state index in [0.29, 0.717) is 18.8 Å². The highest BCUT2D eigenvalue weighted by atomic mass is 16.5. The van der Waals surface area contributed by atoms with Crippen LogP contribution in [0.5, 0.6) is 0 Å². The summed E-state index contributed by atoms with van der Waals surface area (Å²) in [5, 5.41) is 5.90. The third-order valence-electron chi connectivity index (χ3n) is 5.29. The number of carbonyl (C=O) groups is 2. The van der Waals surface area contributed by atoms with Crippen LogP contribution in [0.1, 0.15) is 30.9 Å². The lowest BCUT2D eigenvalue weighted by molar-refractivity contribution is -0.124. The second kappa shape index (κ2) is 8.02. The molecule has 0 aromatic heterocycles. The number of hydrogen-bond donors (Lipinski definition) is 2. The van der Waals surface area contributed by atoms with E-state index in [0.717, 1.165) is 30.5 Å². The molecule has 6 nitrogen and oxygen atoms in total. The van der Waals surface area contributed by atoms with E-state index in [9.17, 15) is 9.59 Å². The number of nitrogens with one attached hydrogen (secondary N) is 2. The van der Waals surface area contributed by atoms with Crippen LogP contribution in [0.3, 0.4) is 0 Å². The highest BCUT2D eigenvalue weighted by molar-refractivity contribution is 5.95. The number of benzene rings is 2. The Kier molecular flexibility index (Phi) is 5.30. The fraction of sp³-hybridized carbons (Fsp3) is 0.364. The van der Waals surface area contributed by atoms with Gasteiger partial charge in [0.25, 0.3) is 5.91 Å². The summed E-state index contributed by atoms with van der Waals surface area (Å²) in [7, 11) is 0. The third kappa shape index (κ3) is 3.87. The van der Waals surface area contributed by atoms with Crippen molar-refractivity contribution in [3.63, 3.8) is 0 Å². The average molecular weight is 379 g/mol. The zero-order valence-corrected chi connectivity index (χ0v) is 16.0. The van der Waals surface area contributed by atoms with Crippen LogP contribution in [0.25, 0.3) is 0 Å². The SMILES string of the molecule is CC1Cc2ccccc2N1C(=O)NCc1cccc(NC(=O)C2CCCO2)c1. The van der Waals surface area contributed by atoms with Crippen molar-refractivity contribution in [2.45, 2.75) is 44.9 Å². The maximum absolute atomic E-state index is 12.8. The molecule has 28 heavy (non-hydrogen) atoms. The maximum atomic E-state index is 12.8. The lowest BCUT2D eigenvalue weighted by Gasteiger charge is -2.23. The Bertz CT molecular complexity index is 877. The van der Waals surface area contributed by atoms with Crippen molar-refractivity contribution in [2.75, 3.05) is 16.8 Å². The number of para-hydroxylation sites is 1. The molecule has 0 radical (unpaired) electrons. The van der Waals surface area contributed by atoms with Gasteiger partial charge in [-0.05, 0) is 55.5 Å². The summed E-state index contributed by atoms with van der Waals surface area (Å²) < 4.78 is 5.42. The van der Waals surface area contributed by atoms with Crippen molar-refractivity contribution in [3.8, 4) is 0 Å². The van der Waals surface area contributed by atoms with E-state index in [2.05, 4.69) is 23.6 Å². The standard InChI is InChI=1S/C22H25N3O3/c1-15-12-17-7-2-3-9-19(17)25(15)22(27)23-14-16-6-4-8-18(13-16)24-21(26)20-10-5-11-28-20/h2-4,6-9,13,15,20H,5,10-12,14H2,1H3,(H,23,27)(H,24,26). The number of nitrogens with zero attached hydrogens (tertiary/aromatic N) is 1. The molecule has 6 heteroatoms. The first kappa shape index (κ1) is 18.5. The normalized spacial score (nSPS) is 20.7. The molecule has 0 saturated carbocycles. The molecule has 0 aliphatic carbocycles. The van der Waals surface area contributed by atoms with Gasteiger partial charge in [-0.25, -0.2) is 4.79 Å². The minimum absolute atomic E-state index is 0.105. The van der Waals surface area contributed by atoms with Crippen molar-refractivity contribution in [3.05, 3.63) is 59.7 Å². The van der Waals surface area contributed by atoms with Crippen LogP contribution in [0.15, 0.2) is 48.5 Å². The molecule has 2 heterocycles. The summed E-state index contributed by atoms with van der Waals surface area (Å²) >= 11 is 0. The van der Waals surface area contributed by atoms with Crippen LogP contribution in [0, 0.1) is 0 Å². The first-order valence-electron chi connectivity index (χ1n) is 9.78. The van der Waals surface area contributed by atoms with Crippen molar-refractivity contribution in [2.24, 2.45) is 0 Å². The van der Waals surface area contributed by atoms with Crippen molar-refractivity contribution in [1.29, 1.82) is 0 Å². The molecule has 146 valence electrons. The maximum Gasteiger partial charge on any atom is 0.322 e. The van der Waals surface area contributed by atoms with E-state index in [1.807, 2.05) is 47.4 Å². The number of ether oxygens (including phenoxy) is 1. The van der Waals surface area contributed by atoms with Gasteiger partial charge in [-0.2, -0.15) is 0 Å². The zero-order chi connectivity index (χ0) is 19.5. The van der Waals surface area contributed by atoms with Gasteiger partial charge in [0, 0.05) is 30.6 Å². The van der Waals surface area contributed by atoms with Crippen molar-refractivity contribution < 1.29 is 14.3 Å². The molecule has 2 aliphatic rings. The number of hydrogen-bond acceptors (Lipinski definition) is 3. The molecule has 2 N–H and O–H groups in total. The molecule has 0 spiro atoms. The largest absolute Gasteiger partial charge is 0.368 e. The van der Waals surface area contributed by atoms with Gasteiger partial charge in [0.05, 0.1) is 0 Å². The molecule has 1 saturated heterocycles. The van der Waals surface area contributed by atoms with E-state index >= 15 is 0 Å². The van der Waals surface area contributed by atoms with Gasteiger partial charge >= 0.3 is 6.03 Å². The molecular formula is C22H25N3O3. The van der Waals surface area contributed by atoms with Crippen LogP contribution < -0.4 is 15.5 Å². The molecular weight excluding hydrogens is 354 g/mol. The summed E-state index contributed by atoms with van der Waals surface area (Å²) in [4.78, 5) is 26.8. The lowest BCUT2D eigenvalue weighted by atomic mass is 10.1. The van der Waals surface area contributed by atoms with E-state index < -0.39 is 0 Å². The Morgan fingerprint density at radius 2 is 2.04 bits per heavy atom. The Morgan fingerprint density at radius 3 is 2.86 bits per heavy atom. The molecule has 2 aromatic carbocycles. The van der Waals surface area contributed by atoms with Crippen LogP contribution in [0.4, 0.5) is 16.2 Å². The number of carbonyl (C=O) groups excluding carboxylic acids is 2. The Labute approximate surface area is 164 Å². The highest BCUT2D eigenvalue weighted by Gasteiger charge is 2.30. The van der Waals surface area contributed by atoms with Gasteiger partial charge in [-0.15, -0.1) is 0 Å². The quantitative estimate of drug-likeness (QED) is 0.855. The summed E-state index contributed by atoms with van der Waals surface area (Å²) in [6.45, 7) is 3.09. The lowest BCUT2D eigenvalue weighted by Crippen LogP contribution is -2.42. The van der Waals surface area contributed by atoms with Crippen molar-refractivity contribution >= 4 is 23.3 Å². The van der Waals surface area contributed by atoms with Gasteiger partial charge in [-0.3, -0.25) is 9.69 Å². The molecule has 3 amide bonds. The zero-order valence-electron chi connectivity index (χ0n) is 16.0. The Balaban J connectivity index is 1.37. The first-order valence-corrected chi connectivity index (χ1v) is 9.78.